The summed E-state index contributed by atoms with van der Waals surface area (Å²) in [4.78, 5) is 29.9. The van der Waals surface area contributed by atoms with Crippen molar-refractivity contribution in [3.05, 3.63) is 70.4 Å². The Morgan fingerprint density at radius 3 is 3.03 bits per heavy atom. The Labute approximate surface area is 171 Å². The number of H-pyrrole nitrogens is 1. The van der Waals surface area contributed by atoms with Crippen LogP contribution in [0.4, 0.5) is 10.2 Å². The number of anilines is 1. The average Bonchev–Trinajstić information content (AvgIpc) is 3.24. The van der Waals surface area contributed by atoms with Gasteiger partial charge in [0.2, 0.25) is 0 Å². The van der Waals surface area contributed by atoms with E-state index in [0.29, 0.717) is 23.8 Å². The van der Waals surface area contributed by atoms with E-state index >= 15 is 0 Å². The van der Waals surface area contributed by atoms with Crippen molar-refractivity contribution in [2.75, 3.05) is 12.0 Å². The van der Waals surface area contributed by atoms with Gasteiger partial charge in [-0.1, -0.05) is 12.2 Å². The molecule has 2 aromatic heterocycles. The van der Waals surface area contributed by atoms with Crippen molar-refractivity contribution >= 4 is 28.3 Å². The third-order valence-electron chi connectivity index (χ3n) is 5.19. The van der Waals surface area contributed by atoms with Crippen LogP contribution in [0.3, 0.4) is 0 Å². The van der Waals surface area contributed by atoms with E-state index in [4.69, 9.17) is 4.98 Å². The summed E-state index contributed by atoms with van der Waals surface area (Å²) in [7, 11) is 0. The van der Waals surface area contributed by atoms with Crippen molar-refractivity contribution in [2.45, 2.75) is 25.8 Å². The molecule has 30 heavy (non-hydrogen) atoms. The highest BCUT2D eigenvalue weighted by Gasteiger charge is 2.23. The monoisotopic (exact) mass is 405 g/mol. The molecule has 0 unspecified atom stereocenters. The fourth-order valence-corrected chi connectivity index (χ4v) is 3.75. The van der Waals surface area contributed by atoms with Gasteiger partial charge in [0.1, 0.15) is 24.0 Å². The Kier molecular flexibility index (Phi) is 4.42. The minimum Gasteiger partial charge on any atom is -0.359 e. The van der Waals surface area contributed by atoms with Gasteiger partial charge < -0.3 is 15.6 Å². The molecule has 5 rings (SSSR count). The third kappa shape index (κ3) is 3.08. The van der Waals surface area contributed by atoms with Crippen molar-refractivity contribution in [3.63, 3.8) is 0 Å². The minimum absolute atomic E-state index is 0.251. The molecule has 1 aliphatic heterocycles. The molecular weight excluding hydrogens is 385 g/mol. The first-order valence-electron chi connectivity index (χ1n) is 9.79. The highest BCUT2D eigenvalue weighted by atomic mass is 19.1. The minimum atomic E-state index is -0.462. The first kappa shape index (κ1) is 18.3. The summed E-state index contributed by atoms with van der Waals surface area (Å²) >= 11 is 0. The van der Waals surface area contributed by atoms with Gasteiger partial charge in [0.05, 0.1) is 23.3 Å². The molecule has 1 atom stereocenters. The summed E-state index contributed by atoms with van der Waals surface area (Å²) in [6.45, 7) is 2.32. The number of benzene rings is 1. The summed E-state index contributed by atoms with van der Waals surface area (Å²) < 4.78 is 15.4. The normalized spacial score (nSPS) is 16.5. The number of aromatic amines is 1. The Bertz CT molecular complexity index is 1280. The van der Waals surface area contributed by atoms with E-state index in [1.807, 2.05) is 25.2 Å². The summed E-state index contributed by atoms with van der Waals surface area (Å²) in [6.07, 6.45) is 9.27. The first-order valence-corrected chi connectivity index (χ1v) is 9.79. The van der Waals surface area contributed by atoms with Gasteiger partial charge >= 0.3 is 0 Å². The van der Waals surface area contributed by atoms with Crippen molar-refractivity contribution < 1.29 is 4.39 Å². The second kappa shape index (κ2) is 7.25. The summed E-state index contributed by atoms with van der Waals surface area (Å²) in [5, 5.41) is 6.69. The summed E-state index contributed by atoms with van der Waals surface area (Å²) in [6, 6.07) is 3.74. The quantitative estimate of drug-likeness (QED) is 0.622. The Balaban J connectivity index is 1.63. The Hall–Kier alpha value is -3.75. The van der Waals surface area contributed by atoms with Gasteiger partial charge in [0.25, 0.3) is 5.56 Å². The molecule has 2 aliphatic rings. The lowest BCUT2D eigenvalue weighted by atomic mass is 10.1. The third-order valence-corrected chi connectivity index (χ3v) is 5.19. The SMILES string of the molecule is C[C@H](NC1=NCNc2nc[nH]c21)c1nc2ccc(F)cc2c(=O)n1C1=CCCC=C1. The van der Waals surface area contributed by atoms with Crippen molar-refractivity contribution in [2.24, 2.45) is 4.99 Å². The molecule has 3 N–H and O–H groups in total. The van der Waals surface area contributed by atoms with E-state index in [2.05, 4.69) is 25.6 Å². The molecule has 0 fully saturated rings. The number of hydrogen-bond donors (Lipinski definition) is 3. The van der Waals surface area contributed by atoms with Crippen LogP contribution in [0, 0.1) is 5.82 Å². The van der Waals surface area contributed by atoms with Gasteiger partial charge in [0, 0.05) is 5.70 Å². The lowest BCUT2D eigenvalue weighted by Gasteiger charge is -2.23. The Morgan fingerprint density at radius 2 is 2.20 bits per heavy atom. The highest BCUT2D eigenvalue weighted by Crippen LogP contribution is 2.22. The molecule has 0 saturated carbocycles. The van der Waals surface area contributed by atoms with Gasteiger partial charge in [-0.3, -0.25) is 9.36 Å². The van der Waals surface area contributed by atoms with E-state index in [0.717, 1.165) is 30.1 Å². The molecule has 3 heterocycles. The number of aromatic nitrogens is 4. The zero-order valence-corrected chi connectivity index (χ0v) is 16.3. The maximum absolute atomic E-state index is 13.8. The zero-order chi connectivity index (χ0) is 20.7. The largest absolute Gasteiger partial charge is 0.359 e. The number of aliphatic imine (C=N–C) groups is 1. The van der Waals surface area contributed by atoms with Gasteiger partial charge in [-0.15, -0.1) is 0 Å². The van der Waals surface area contributed by atoms with E-state index in [9.17, 15) is 9.18 Å². The van der Waals surface area contributed by atoms with Crippen LogP contribution < -0.4 is 16.2 Å². The van der Waals surface area contributed by atoms with Crippen molar-refractivity contribution in [1.29, 1.82) is 0 Å². The van der Waals surface area contributed by atoms with Crippen LogP contribution in [-0.4, -0.2) is 32.0 Å². The molecule has 1 aliphatic carbocycles. The lowest BCUT2D eigenvalue weighted by molar-refractivity contribution is 0.625. The maximum Gasteiger partial charge on any atom is 0.266 e. The predicted molar refractivity (Wildman–Crippen MR) is 114 cm³/mol. The van der Waals surface area contributed by atoms with E-state index in [1.54, 1.807) is 10.9 Å². The molecular formula is C21H20FN7O. The topological polar surface area (TPSA) is 100.0 Å². The number of hydrogen-bond acceptors (Lipinski definition) is 6. The Morgan fingerprint density at radius 1 is 1.30 bits per heavy atom. The number of amidine groups is 1. The molecule has 0 spiro atoms. The van der Waals surface area contributed by atoms with E-state index in [-0.39, 0.29) is 17.0 Å². The molecule has 8 nitrogen and oxygen atoms in total. The van der Waals surface area contributed by atoms with Crippen LogP contribution in [0.25, 0.3) is 16.6 Å². The summed E-state index contributed by atoms with van der Waals surface area (Å²) in [5.41, 5.74) is 1.65. The number of nitrogens with one attached hydrogen (secondary N) is 3. The molecule has 1 aromatic carbocycles. The van der Waals surface area contributed by atoms with Crippen LogP contribution in [0.15, 0.2) is 52.5 Å². The first-order chi connectivity index (χ1) is 14.6. The van der Waals surface area contributed by atoms with Crippen LogP contribution in [-0.2, 0) is 0 Å². The maximum atomic E-state index is 13.8. The summed E-state index contributed by atoms with van der Waals surface area (Å²) in [5.74, 6) is 1.42. The number of halogens is 1. The van der Waals surface area contributed by atoms with E-state index < -0.39 is 5.82 Å². The van der Waals surface area contributed by atoms with Gasteiger partial charge in [-0.05, 0) is 44.0 Å². The molecule has 0 saturated heterocycles. The average molecular weight is 405 g/mol. The van der Waals surface area contributed by atoms with Gasteiger partial charge in [0.15, 0.2) is 11.7 Å². The number of allylic oxidation sites excluding steroid dienone is 4. The molecule has 0 amide bonds. The molecule has 0 bridgehead atoms. The smallest absolute Gasteiger partial charge is 0.266 e. The van der Waals surface area contributed by atoms with Gasteiger partial charge in [-0.2, -0.15) is 0 Å². The standard InChI is InChI=1S/C21H20FN7O/c1-12(27-19-17-18(24-10-23-17)25-11-26-19)20-28-16-8-7-13(22)9-15(16)21(30)29(20)14-5-3-2-4-6-14/h3,5-10,12,25H,2,4,11H2,1H3,(H,23,24)(H,26,27)/t12-/m0/s1. The predicted octanol–water partition coefficient (Wildman–Crippen LogP) is 2.93. The highest BCUT2D eigenvalue weighted by molar-refractivity contribution is 6.02. The molecule has 3 aromatic rings. The van der Waals surface area contributed by atoms with Crippen molar-refractivity contribution in [1.82, 2.24) is 24.8 Å². The molecule has 9 heteroatoms. The number of rotatable bonds is 3. The number of nitrogens with zero attached hydrogens (tertiary/aromatic N) is 4. The fraction of sp³-hybridized carbons (Fsp3) is 0.238. The second-order valence-corrected chi connectivity index (χ2v) is 7.21. The lowest BCUT2D eigenvalue weighted by Crippen LogP contribution is -2.36. The number of imidazole rings is 1. The van der Waals surface area contributed by atoms with Gasteiger partial charge in [-0.25, -0.2) is 19.4 Å². The zero-order valence-electron chi connectivity index (χ0n) is 16.3. The fourth-order valence-electron chi connectivity index (χ4n) is 3.75. The van der Waals surface area contributed by atoms with Crippen LogP contribution >= 0.6 is 0 Å². The molecule has 0 radical (unpaired) electrons. The van der Waals surface area contributed by atoms with Crippen LogP contribution in [0.5, 0.6) is 0 Å². The van der Waals surface area contributed by atoms with Crippen LogP contribution in [0.1, 0.15) is 37.3 Å². The van der Waals surface area contributed by atoms with Crippen molar-refractivity contribution in [3.8, 4) is 0 Å². The van der Waals surface area contributed by atoms with E-state index in [1.165, 1.54) is 18.2 Å². The second-order valence-electron chi connectivity index (χ2n) is 7.21. The van der Waals surface area contributed by atoms with Crippen LogP contribution in [0.2, 0.25) is 0 Å². The molecule has 152 valence electrons. The number of fused-ring (bicyclic) bond motifs is 2.